The van der Waals surface area contributed by atoms with Crippen LogP contribution in [-0.2, 0) is 0 Å². The van der Waals surface area contributed by atoms with Crippen LogP contribution < -0.4 is 10.1 Å². The molecule has 0 spiro atoms. The van der Waals surface area contributed by atoms with Crippen LogP contribution in [0.4, 0.5) is 0 Å². The molecular weight excluding hydrogens is 287 g/mol. The van der Waals surface area contributed by atoms with Gasteiger partial charge in [0.2, 0.25) is 0 Å². The van der Waals surface area contributed by atoms with Crippen molar-refractivity contribution in [1.29, 1.82) is 0 Å². The summed E-state index contributed by atoms with van der Waals surface area (Å²) in [5, 5.41) is 3.81. The van der Waals surface area contributed by atoms with Gasteiger partial charge in [-0.25, -0.2) is 0 Å². The molecule has 1 amide bonds. The van der Waals surface area contributed by atoms with Crippen molar-refractivity contribution < 1.29 is 9.53 Å². The molecule has 0 radical (unpaired) electrons. The number of ether oxygens (including phenoxy) is 1. The molecule has 1 atom stereocenters. The molecule has 1 N–H and O–H groups in total. The maximum absolute atomic E-state index is 12.3. The summed E-state index contributed by atoms with van der Waals surface area (Å²) >= 11 is 6.22. The minimum Gasteiger partial charge on any atom is -0.494 e. The smallest absolute Gasteiger partial charge is 0.256 e. The molecule has 1 aromatic carbocycles. The Morgan fingerprint density at radius 1 is 1.53 bits per heavy atom. The molecule has 0 saturated carbocycles. The summed E-state index contributed by atoms with van der Waals surface area (Å²) in [5.74, 6) is 0.783. The molecule has 0 unspecified atom stereocenters. The van der Waals surface area contributed by atoms with Crippen LogP contribution in [0, 0.1) is 0 Å². The second-order valence-electron chi connectivity index (χ2n) is 4.52. The van der Waals surface area contributed by atoms with Gasteiger partial charge >= 0.3 is 0 Å². The van der Waals surface area contributed by atoms with Gasteiger partial charge in [-0.2, -0.15) is 0 Å². The summed E-state index contributed by atoms with van der Waals surface area (Å²) in [6.07, 6.45) is 0. The van der Waals surface area contributed by atoms with Crippen LogP contribution in [0.3, 0.4) is 0 Å². The normalized spacial score (nSPS) is 20.6. The van der Waals surface area contributed by atoms with Gasteiger partial charge in [0.1, 0.15) is 5.75 Å². The van der Waals surface area contributed by atoms with E-state index in [1.165, 1.54) is 0 Å². The van der Waals surface area contributed by atoms with Gasteiger partial charge in [0.15, 0.2) is 0 Å². The number of fused-ring (bicyclic) bond motifs is 3. The van der Waals surface area contributed by atoms with Crippen LogP contribution >= 0.6 is 24.0 Å². The maximum Gasteiger partial charge on any atom is 0.256 e. The number of rotatable bonds is 2. The van der Waals surface area contributed by atoms with Crippen molar-refractivity contribution in [3.63, 3.8) is 0 Å². The Morgan fingerprint density at radius 3 is 3.05 bits per heavy atom. The molecule has 1 fully saturated rings. The summed E-state index contributed by atoms with van der Waals surface area (Å²) < 4.78 is 5.49. The molecule has 2 aliphatic rings. The van der Waals surface area contributed by atoms with Gasteiger partial charge < -0.3 is 15.0 Å². The second-order valence-corrected chi connectivity index (χ2v) is 4.93. The van der Waals surface area contributed by atoms with E-state index in [-0.39, 0.29) is 24.4 Å². The Labute approximate surface area is 123 Å². The Bertz CT molecular complexity index is 508. The largest absolute Gasteiger partial charge is 0.494 e. The number of halogens is 2. The second kappa shape index (κ2) is 5.57. The highest BCUT2D eigenvalue weighted by Gasteiger charge is 2.39. The first-order valence-corrected chi connectivity index (χ1v) is 6.58. The van der Waals surface area contributed by atoms with E-state index in [0.717, 1.165) is 30.9 Å². The number of amides is 1. The number of piperazine rings is 1. The fourth-order valence-electron chi connectivity index (χ4n) is 2.71. The van der Waals surface area contributed by atoms with E-state index in [4.69, 9.17) is 16.3 Å². The van der Waals surface area contributed by atoms with E-state index in [1.807, 2.05) is 17.9 Å². The van der Waals surface area contributed by atoms with E-state index in [9.17, 15) is 4.79 Å². The molecule has 0 aliphatic carbocycles. The number of benzene rings is 1. The van der Waals surface area contributed by atoms with Gasteiger partial charge in [-0.05, 0) is 24.6 Å². The molecule has 0 bridgehead atoms. The number of carbonyl (C=O) groups excluding carboxylic acids is 1. The molecule has 3 rings (SSSR count). The molecular formula is C13H16Cl2N2O2. The number of hydrogen-bond donors (Lipinski definition) is 1. The highest BCUT2D eigenvalue weighted by Crippen LogP contribution is 2.40. The molecule has 1 aromatic rings. The van der Waals surface area contributed by atoms with Gasteiger partial charge in [0.25, 0.3) is 5.91 Å². The molecule has 19 heavy (non-hydrogen) atoms. The summed E-state index contributed by atoms with van der Waals surface area (Å²) in [4.78, 5) is 14.2. The zero-order valence-electron chi connectivity index (χ0n) is 10.6. The highest BCUT2D eigenvalue weighted by molar-refractivity contribution is 6.34. The van der Waals surface area contributed by atoms with Crippen molar-refractivity contribution in [1.82, 2.24) is 10.2 Å². The van der Waals surface area contributed by atoms with E-state index in [2.05, 4.69) is 5.32 Å². The van der Waals surface area contributed by atoms with Crippen LogP contribution in [0.5, 0.6) is 5.75 Å². The van der Waals surface area contributed by atoms with Crippen LogP contribution in [-0.4, -0.2) is 37.0 Å². The number of nitrogens with zero attached hydrogens (tertiary/aromatic N) is 1. The minimum atomic E-state index is 0. The predicted octanol–water partition coefficient (Wildman–Crippen LogP) is 2.26. The monoisotopic (exact) mass is 302 g/mol. The average Bonchev–Trinajstić information content (AvgIpc) is 2.65. The lowest BCUT2D eigenvalue weighted by Gasteiger charge is -2.30. The van der Waals surface area contributed by atoms with Crippen molar-refractivity contribution in [2.24, 2.45) is 0 Å². The summed E-state index contributed by atoms with van der Waals surface area (Å²) in [5.41, 5.74) is 1.64. The lowest BCUT2D eigenvalue weighted by molar-refractivity contribution is 0.0691. The first-order chi connectivity index (χ1) is 8.72. The number of carbonyl (C=O) groups is 1. The minimum absolute atomic E-state index is 0. The average molecular weight is 303 g/mol. The summed E-state index contributed by atoms with van der Waals surface area (Å²) in [6, 6.07) is 3.77. The van der Waals surface area contributed by atoms with Crippen LogP contribution in [0.15, 0.2) is 12.1 Å². The lowest BCUT2D eigenvalue weighted by atomic mass is 10.0. The van der Waals surface area contributed by atoms with Crippen molar-refractivity contribution in [3.8, 4) is 5.75 Å². The molecule has 104 valence electrons. The first kappa shape index (κ1) is 14.4. The van der Waals surface area contributed by atoms with Crippen LogP contribution in [0.2, 0.25) is 5.02 Å². The summed E-state index contributed by atoms with van der Waals surface area (Å²) in [6.45, 7) is 4.88. The molecule has 4 nitrogen and oxygen atoms in total. The molecule has 2 aliphatic heterocycles. The molecule has 0 aromatic heterocycles. The Hall–Kier alpha value is -0.970. The zero-order chi connectivity index (χ0) is 12.7. The van der Waals surface area contributed by atoms with E-state index in [0.29, 0.717) is 17.2 Å². The maximum atomic E-state index is 12.3. The van der Waals surface area contributed by atoms with Crippen molar-refractivity contribution in [2.45, 2.75) is 13.0 Å². The fourth-order valence-corrected chi connectivity index (χ4v) is 3.01. The van der Waals surface area contributed by atoms with E-state index < -0.39 is 0 Å². The quantitative estimate of drug-likeness (QED) is 0.911. The third-order valence-electron chi connectivity index (χ3n) is 3.48. The molecule has 2 heterocycles. The highest BCUT2D eigenvalue weighted by atomic mass is 35.5. The van der Waals surface area contributed by atoms with E-state index >= 15 is 0 Å². The SMILES string of the molecule is CCOc1cc(Cl)c2c(c1)[C@@H]1CNCCN1C2=O.Cl. The van der Waals surface area contributed by atoms with Gasteiger partial charge in [-0.3, -0.25) is 4.79 Å². The summed E-state index contributed by atoms with van der Waals surface area (Å²) in [7, 11) is 0. The van der Waals surface area contributed by atoms with Gasteiger partial charge in [-0.15, -0.1) is 12.4 Å². The number of nitrogens with one attached hydrogen (secondary N) is 1. The van der Waals surface area contributed by atoms with Gasteiger partial charge in [-0.1, -0.05) is 11.6 Å². The van der Waals surface area contributed by atoms with Crippen LogP contribution in [0.25, 0.3) is 0 Å². The third-order valence-corrected chi connectivity index (χ3v) is 3.78. The zero-order valence-corrected chi connectivity index (χ0v) is 12.2. The van der Waals surface area contributed by atoms with Crippen molar-refractivity contribution >= 4 is 29.9 Å². The van der Waals surface area contributed by atoms with Gasteiger partial charge in [0, 0.05) is 19.6 Å². The molecule has 6 heteroatoms. The van der Waals surface area contributed by atoms with Crippen LogP contribution in [0.1, 0.15) is 28.9 Å². The Balaban J connectivity index is 0.00000133. The fraction of sp³-hybridized carbons (Fsp3) is 0.462. The third kappa shape index (κ3) is 2.29. The van der Waals surface area contributed by atoms with Crippen molar-refractivity contribution in [2.75, 3.05) is 26.2 Å². The Morgan fingerprint density at radius 2 is 2.32 bits per heavy atom. The lowest BCUT2D eigenvalue weighted by Crippen LogP contribution is -2.44. The first-order valence-electron chi connectivity index (χ1n) is 6.20. The van der Waals surface area contributed by atoms with Crippen molar-refractivity contribution in [3.05, 3.63) is 28.3 Å². The van der Waals surface area contributed by atoms with E-state index in [1.54, 1.807) is 6.07 Å². The predicted molar refractivity (Wildman–Crippen MR) is 76.5 cm³/mol. The Kier molecular flexibility index (Phi) is 4.23. The van der Waals surface area contributed by atoms with Gasteiger partial charge in [0.05, 0.1) is 23.2 Å². The topological polar surface area (TPSA) is 41.6 Å². The standard InChI is InChI=1S/C13H15ClN2O2.ClH/c1-2-18-8-5-9-11-7-15-3-4-16(11)13(17)12(9)10(14)6-8;/h5-6,11,15H,2-4,7H2,1H3;1H/t11-;/m0./s1. The molecule has 1 saturated heterocycles. The number of hydrogen-bond acceptors (Lipinski definition) is 3.